The highest BCUT2D eigenvalue weighted by atomic mass is 32.2. The van der Waals surface area contributed by atoms with Gasteiger partial charge in [0.25, 0.3) is 0 Å². The van der Waals surface area contributed by atoms with Crippen LogP contribution in [-0.2, 0) is 5.75 Å². The van der Waals surface area contributed by atoms with Gasteiger partial charge in [-0.3, -0.25) is 4.90 Å². The van der Waals surface area contributed by atoms with Crippen molar-refractivity contribution in [3.63, 3.8) is 0 Å². The predicted octanol–water partition coefficient (Wildman–Crippen LogP) is 2.13. The monoisotopic (exact) mass is 272 g/mol. The van der Waals surface area contributed by atoms with E-state index in [9.17, 15) is 0 Å². The van der Waals surface area contributed by atoms with E-state index >= 15 is 0 Å². The minimum Gasteiger partial charge on any atom is -0.352 e. The van der Waals surface area contributed by atoms with E-state index in [0.29, 0.717) is 0 Å². The second-order valence-electron chi connectivity index (χ2n) is 4.86. The van der Waals surface area contributed by atoms with Gasteiger partial charge in [0.2, 0.25) is 0 Å². The molecule has 2 aliphatic rings. The van der Waals surface area contributed by atoms with Crippen LogP contribution >= 0.6 is 11.8 Å². The Labute approximate surface area is 117 Å². The van der Waals surface area contributed by atoms with Gasteiger partial charge in [-0.2, -0.15) is 5.26 Å². The highest BCUT2D eigenvalue weighted by Gasteiger charge is 2.30. The van der Waals surface area contributed by atoms with Crippen LogP contribution < -0.4 is 5.32 Å². The van der Waals surface area contributed by atoms with E-state index in [2.05, 4.69) is 21.3 Å². The number of rotatable bonds is 3. The number of amidine groups is 1. The largest absolute Gasteiger partial charge is 0.352 e. The maximum Gasteiger partial charge on any atom is 0.159 e. The van der Waals surface area contributed by atoms with Gasteiger partial charge in [-0.1, -0.05) is 23.9 Å². The minimum atomic E-state index is 0.719. The smallest absolute Gasteiger partial charge is 0.159 e. The molecule has 1 N–H and O–H groups in total. The lowest BCUT2D eigenvalue weighted by Crippen LogP contribution is -2.42. The lowest BCUT2D eigenvalue weighted by atomic mass is 10.2. The first-order valence-electron chi connectivity index (χ1n) is 6.49. The molecule has 1 heterocycles. The third-order valence-electron chi connectivity index (χ3n) is 3.32. The predicted molar refractivity (Wildman–Crippen MR) is 77.6 cm³/mol. The highest BCUT2D eigenvalue weighted by Crippen LogP contribution is 2.27. The Hall–Kier alpha value is -1.51. The van der Waals surface area contributed by atoms with E-state index in [1.165, 1.54) is 12.8 Å². The zero-order chi connectivity index (χ0) is 13.1. The SMILES string of the molecule is N#Cc1cccc(CSC2=NCN(C3CC3)CN2)c1. The van der Waals surface area contributed by atoms with Crippen LogP contribution in [-0.4, -0.2) is 29.4 Å². The van der Waals surface area contributed by atoms with E-state index in [4.69, 9.17) is 5.26 Å². The summed E-state index contributed by atoms with van der Waals surface area (Å²) in [4.78, 5) is 6.93. The number of hydrogen-bond donors (Lipinski definition) is 1. The summed E-state index contributed by atoms with van der Waals surface area (Å²) in [6.07, 6.45) is 2.64. The fourth-order valence-electron chi connectivity index (χ4n) is 2.09. The summed E-state index contributed by atoms with van der Waals surface area (Å²) in [6, 6.07) is 10.7. The first-order chi connectivity index (χ1) is 9.35. The number of benzene rings is 1. The van der Waals surface area contributed by atoms with E-state index < -0.39 is 0 Å². The standard InChI is InChI=1S/C14H16N4S/c15-7-11-2-1-3-12(6-11)8-19-14-16-9-18(10-17-14)13-4-5-13/h1-3,6,13H,4-5,8-10H2,(H,16,17). The molecule has 1 aliphatic heterocycles. The molecule has 1 aromatic carbocycles. The van der Waals surface area contributed by atoms with Crippen molar-refractivity contribution >= 4 is 16.9 Å². The van der Waals surface area contributed by atoms with Crippen molar-refractivity contribution in [3.05, 3.63) is 35.4 Å². The number of thioether (sulfide) groups is 1. The number of nitrogens with zero attached hydrogens (tertiary/aromatic N) is 3. The van der Waals surface area contributed by atoms with Crippen LogP contribution in [0.4, 0.5) is 0 Å². The average molecular weight is 272 g/mol. The summed E-state index contributed by atoms with van der Waals surface area (Å²) in [5, 5.41) is 13.2. The van der Waals surface area contributed by atoms with Gasteiger partial charge >= 0.3 is 0 Å². The van der Waals surface area contributed by atoms with Crippen LogP contribution in [0.1, 0.15) is 24.0 Å². The Balaban J connectivity index is 1.53. The van der Waals surface area contributed by atoms with Crippen LogP contribution in [0.2, 0.25) is 0 Å². The van der Waals surface area contributed by atoms with Crippen molar-refractivity contribution in [3.8, 4) is 6.07 Å². The van der Waals surface area contributed by atoms with Crippen LogP contribution in [0, 0.1) is 11.3 Å². The molecule has 0 unspecified atom stereocenters. The molecule has 0 radical (unpaired) electrons. The number of hydrogen-bond acceptors (Lipinski definition) is 5. The molecular formula is C14H16N4S. The normalized spacial score (nSPS) is 19.4. The summed E-state index contributed by atoms with van der Waals surface area (Å²) in [7, 11) is 0. The van der Waals surface area contributed by atoms with Gasteiger partial charge in [-0.15, -0.1) is 0 Å². The summed E-state index contributed by atoms with van der Waals surface area (Å²) in [5.41, 5.74) is 1.88. The molecule has 1 aromatic rings. The van der Waals surface area contributed by atoms with Crippen molar-refractivity contribution in [1.82, 2.24) is 10.2 Å². The van der Waals surface area contributed by atoms with E-state index in [0.717, 1.165) is 41.4 Å². The fourth-order valence-corrected chi connectivity index (χ4v) is 2.89. The molecule has 0 spiro atoms. The molecule has 0 bridgehead atoms. The minimum absolute atomic E-state index is 0.719. The highest BCUT2D eigenvalue weighted by molar-refractivity contribution is 8.13. The molecule has 98 valence electrons. The fraction of sp³-hybridized carbons (Fsp3) is 0.429. The molecule has 1 fully saturated rings. The van der Waals surface area contributed by atoms with Crippen molar-refractivity contribution in [2.24, 2.45) is 4.99 Å². The van der Waals surface area contributed by atoms with E-state index in [-0.39, 0.29) is 0 Å². The van der Waals surface area contributed by atoms with Crippen LogP contribution in [0.15, 0.2) is 29.3 Å². The Morgan fingerprint density at radius 2 is 2.37 bits per heavy atom. The molecule has 4 nitrogen and oxygen atoms in total. The zero-order valence-corrected chi connectivity index (χ0v) is 11.5. The molecule has 1 saturated carbocycles. The molecule has 3 rings (SSSR count). The lowest BCUT2D eigenvalue weighted by Gasteiger charge is -2.26. The molecule has 0 atom stereocenters. The molecule has 0 saturated heterocycles. The number of nitrogens with one attached hydrogen (secondary N) is 1. The van der Waals surface area contributed by atoms with Crippen molar-refractivity contribution in [2.45, 2.75) is 24.6 Å². The summed E-state index contributed by atoms with van der Waals surface area (Å²) in [5.74, 6) is 0.852. The van der Waals surface area contributed by atoms with Crippen molar-refractivity contribution in [2.75, 3.05) is 13.3 Å². The third kappa shape index (κ3) is 3.28. The molecule has 0 aromatic heterocycles. The number of nitriles is 1. The Morgan fingerprint density at radius 1 is 1.47 bits per heavy atom. The quantitative estimate of drug-likeness (QED) is 0.916. The second kappa shape index (κ2) is 5.64. The summed E-state index contributed by atoms with van der Waals surface area (Å²) >= 11 is 1.71. The lowest BCUT2D eigenvalue weighted by molar-refractivity contribution is 0.256. The first-order valence-corrected chi connectivity index (χ1v) is 7.48. The van der Waals surface area contributed by atoms with Crippen LogP contribution in [0.5, 0.6) is 0 Å². The van der Waals surface area contributed by atoms with Gasteiger partial charge in [-0.05, 0) is 30.5 Å². The Morgan fingerprint density at radius 3 is 3.05 bits per heavy atom. The van der Waals surface area contributed by atoms with Gasteiger partial charge < -0.3 is 5.32 Å². The first kappa shape index (κ1) is 12.5. The topological polar surface area (TPSA) is 51.4 Å². The molecular weight excluding hydrogens is 256 g/mol. The van der Waals surface area contributed by atoms with Gasteiger partial charge in [0.05, 0.1) is 25.0 Å². The maximum absolute atomic E-state index is 8.87. The van der Waals surface area contributed by atoms with Crippen molar-refractivity contribution < 1.29 is 0 Å². The van der Waals surface area contributed by atoms with Gasteiger partial charge in [0, 0.05) is 11.8 Å². The van der Waals surface area contributed by atoms with E-state index in [1.54, 1.807) is 11.8 Å². The second-order valence-corrected chi connectivity index (χ2v) is 5.82. The molecule has 1 aliphatic carbocycles. The van der Waals surface area contributed by atoms with Crippen molar-refractivity contribution in [1.29, 1.82) is 5.26 Å². The zero-order valence-electron chi connectivity index (χ0n) is 10.7. The maximum atomic E-state index is 8.87. The van der Waals surface area contributed by atoms with Gasteiger partial charge in [0.15, 0.2) is 5.17 Å². The molecule has 0 amide bonds. The Bertz CT molecular complexity index is 530. The summed E-state index contributed by atoms with van der Waals surface area (Å²) in [6.45, 7) is 1.73. The summed E-state index contributed by atoms with van der Waals surface area (Å²) < 4.78 is 0. The van der Waals surface area contributed by atoms with Gasteiger partial charge in [0.1, 0.15) is 0 Å². The van der Waals surface area contributed by atoms with Crippen LogP contribution in [0.3, 0.4) is 0 Å². The molecule has 5 heteroatoms. The Kier molecular flexibility index (Phi) is 3.72. The molecule has 19 heavy (non-hydrogen) atoms. The van der Waals surface area contributed by atoms with E-state index in [1.807, 2.05) is 24.3 Å². The van der Waals surface area contributed by atoms with Crippen LogP contribution in [0.25, 0.3) is 0 Å². The third-order valence-corrected chi connectivity index (χ3v) is 4.35. The number of aliphatic imine (C=N–C) groups is 1. The van der Waals surface area contributed by atoms with Gasteiger partial charge in [-0.25, -0.2) is 4.99 Å². The average Bonchev–Trinajstić information content (AvgIpc) is 3.31.